The Hall–Kier alpha value is -0.990. The summed E-state index contributed by atoms with van der Waals surface area (Å²) in [5.74, 6) is 0. The van der Waals surface area contributed by atoms with E-state index in [2.05, 4.69) is 11.9 Å². The van der Waals surface area contributed by atoms with Crippen molar-refractivity contribution in [3.8, 4) is 0 Å². The standard InChI is InChI=1S/C5H10N2O/c1-4(2)3-7-5(6)8/h1,3H2,2H3,(H3,6,7,8). The molecule has 3 nitrogen and oxygen atoms in total. The van der Waals surface area contributed by atoms with Gasteiger partial charge in [0.1, 0.15) is 0 Å². The molecule has 0 rings (SSSR count). The monoisotopic (exact) mass is 114 g/mol. The summed E-state index contributed by atoms with van der Waals surface area (Å²) in [7, 11) is 0. The van der Waals surface area contributed by atoms with Gasteiger partial charge in [-0.25, -0.2) is 4.79 Å². The van der Waals surface area contributed by atoms with Crippen molar-refractivity contribution in [3.63, 3.8) is 0 Å². The van der Waals surface area contributed by atoms with Crippen LogP contribution in [-0.4, -0.2) is 12.6 Å². The summed E-state index contributed by atoms with van der Waals surface area (Å²) in [6.07, 6.45) is 0. The van der Waals surface area contributed by atoms with Crippen molar-refractivity contribution in [2.45, 2.75) is 6.92 Å². The lowest BCUT2D eigenvalue weighted by Gasteiger charge is -1.97. The fourth-order valence-electron chi connectivity index (χ4n) is 0.238. The van der Waals surface area contributed by atoms with Crippen LogP contribution in [0.3, 0.4) is 0 Å². The van der Waals surface area contributed by atoms with E-state index in [1.54, 1.807) is 0 Å². The van der Waals surface area contributed by atoms with Gasteiger partial charge < -0.3 is 11.1 Å². The van der Waals surface area contributed by atoms with Crippen LogP contribution in [0.1, 0.15) is 6.92 Å². The Labute approximate surface area is 48.6 Å². The summed E-state index contributed by atoms with van der Waals surface area (Å²) in [5, 5.41) is 2.38. The van der Waals surface area contributed by atoms with Crippen LogP contribution >= 0.6 is 0 Å². The minimum absolute atomic E-state index is 0.468. The predicted molar refractivity (Wildman–Crippen MR) is 32.4 cm³/mol. The molecule has 46 valence electrons. The number of nitrogens with two attached hydrogens (primary N) is 1. The molecule has 0 saturated heterocycles. The summed E-state index contributed by atoms with van der Waals surface area (Å²) in [6, 6.07) is -0.506. The normalized spacial score (nSPS) is 8.12. The maximum Gasteiger partial charge on any atom is 0.312 e. The molecule has 0 saturated carbocycles. The largest absolute Gasteiger partial charge is 0.352 e. The zero-order valence-corrected chi connectivity index (χ0v) is 4.90. The molecule has 2 amide bonds. The van der Waals surface area contributed by atoms with E-state index >= 15 is 0 Å². The van der Waals surface area contributed by atoms with Crippen LogP contribution in [0.4, 0.5) is 4.79 Å². The molecule has 0 unspecified atom stereocenters. The lowest BCUT2D eigenvalue weighted by molar-refractivity contribution is 0.249. The van der Waals surface area contributed by atoms with Gasteiger partial charge in [-0.3, -0.25) is 0 Å². The molecule has 0 spiro atoms. The quantitative estimate of drug-likeness (QED) is 0.496. The van der Waals surface area contributed by atoms with Crippen molar-refractivity contribution in [2.24, 2.45) is 5.73 Å². The zero-order valence-electron chi connectivity index (χ0n) is 4.90. The van der Waals surface area contributed by atoms with Crippen molar-refractivity contribution in [1.82, 2.24) is 5.32 Å². The highest BCUT2D eigenvalue weighted by atomic mass is 16.2. The first-order chi connectivity index (χ1) is 3.63. The van der Waals surface area contributed by atoms with Crippen LogP contribution < -0.4 is 11.1 Å². The first kappa shape index (κ1) is 7.01. The smallest absolute Gasteiger partial charge is 0.312 e. The van der Waals surface area contributed by atoms with E-state index in [1.165, 1.54) is 0 Å². The Morgan fingerprint density at radius 3 is 2.50 bits per heavy atom. The highest BCUT2D eigenvalue weighted by molar-refractivity contribution is 5.71. The maximum absolute atomic E-state index is 9.97. The summed E-state index contributed by atoms with van der Waals surface area (Å²) in [5.41, 5.74) is 5.64. The molecular weight excluding hydrogens is 104 g/mol. The lowest BCUT2D eigenvalue weighted by Crippen LogP contribution is -2.30. The van der Waals surface area contributed by atoms with Crippen LogP contribution in [0.2, 0.25) is 0 Å². The minimum atomic E-state index is -0.506. The summed E-state index contributed by atoms with van der Waals surface area (Å²) >= 11 is 0. The van der Waals surface area contributed by atoms with E-state index in [-0.39, 0.29) is 0 Å². The molecule has 0 radical (unpaired) electrons. The maximum atomic E-state index is 9.97. The average molecular weight is 114 g/mol. The summed E-state index contributed by atoms with van der Waals surface area (Å²) in [4.78, 5) is 9.97. The average Bonchev–Trinajstić information content (AvgIpc) is 1.61. The van der Waals surface area contributed by atoms with Gasteiger partial charge in [0.25, 0.3) is 0 Å². The Morgan fingerprint density at radius 2 is 2.38 bits per heavy atom. The van der Waals surface area contributed by atoms with E-state index in [0.29, 0.717) is 6.54 Å². The summed E-state index contributed by atoms with van der Waals surface area (Å²) < 4.78 is 0. The third-order valence-corrected chi connectivity index (χ3v) is 0.564. The van der Waals surface area contributed by atoms with Crippen molar-refractivity contribution in [2.75, 3.05) is 6.54 Å². The fraction of sp³-hybridized carbons (Fsp3) is 0.400. The molecule has 0 aromatic carbocycles. The molecule has 0 aromatic rings. The molecule has 0 aliphatic rings. The van der Waals surface area contributed by atoms with Gasteiger partial charge in [0.15, 0.2) is 0 Å². The molecule has 3 heteroatoms. The zero-order chi connectivity index (χ0) is 6.57. The van der Waals surface area contributed by atoms with Gasteiger partial charge in [-0.1, -0.05) is 12.2 Å². The highest BCUT2D eigenvalue weighted by Gasteiger charge is 1.87. The topological polar surface area (TPSA) is 55.1 Å². The first-order valence-electron chi connectivity index (χ1n) is 2.30. The second-order valence-corrected chi connectivity index (χ2v) is 1.67. The molecule has 8 heavy (non-hydrogen) atoms. The SMILES string of the molecule is C=C(C)CNC(N)=O. The van der Waals surface area contributed by atoms with Crippen LogP contribution in [0.15, 0.2) is 12.2 Å². The van der Waals surface area contributed by atoms with Gasteiger partial charge in [-0.05, 0) is 6.92 Å². The minimum Gasteiger partial charge on any atom is -0.352 e. The van der Waals surface area contributed by atoms with Crippen LogP contribution in [0.25, 0.3) is 0 Å². The summed E-state index contributed by atoms with van der Waals surface area (Å²) in [6.45, 7) is 5.84. The number of nitrogens with one attached hydrogen (secondary N) is 1. The molecule has 0 aliphatic carbocycles. The number of primary amides is 1. The Kier molecular flexibility index (Phi) is 2.69. The van der Waals surface area contributed by atoms with Gasteiger partial charge in [0.2, 0.25) is 0 Å². The number of carbonyl (C=O) groups excluding carboxylic acids is 1. The molecule has 3 N–H and O–H groups in total. The number of urea groups is 1. The highest BCUT2D eigenvalue weighted by Crippen LogP contribution is 1.79. The van der Waals surface area contributed by atoms with E-state index in [9.17, 15) is 4.79 Å². The molecule has 0 atom stereocenters. The van der Waals surface area contributed by atoms with E-state index in [0.717, 1.165) is 5.57 Å². The van der Waals surface area contributed by atoms with Crippen molar-refractivity contribution in [3.05, 3.63) is 12.2 Å². The molecule has 0 aliphatic heterocycles. The van der Waals surface area contributed by atoms with Gasteiger partial charge in [0, 0.05) is 6.54 Å². The van der Waals surface area contributed by atoms with Crippen LogP contribution in [0.5, 0.6) is 0 Å². The molecular formula is C5H10N2O. The number of rotatable bonds is 2. The molecule has 0 bridgehead atoms. The second-order valence-electron chi connectivity index (χ2n) is 1.67. The second kappa shape index (κ2) is 3.07. The van der Waals surface area contributed by atoms with Gasteiger partial charge >= 0.3 is 6.03 Å². The number of carbonyl (C=O) groups is 1. The van der Waals surface area contributed by atoms with Crippen molar-refractivity contribution >= 4 is 6.03 Å². The predicted octanol–water partition coefficient (Wildman–Crippen LogP) is 0.231. The molecule has 0 heterocycles. The van der Waals surface area contributed by atoms with Crippen LogP contribution in [0, 0.1) is 0 Å². The third kappa shape index (κ3) is 5.01. The van der Waals surface area contributed by atoms with E-state index < -0.39 is 6.03 Å². The Balaban J connectivity index is 3.18. The van der Waals surface area contributed by atoms with Crippen molar-refractivity contribution in [1.29, 1.82) is 0 Å². The van der Waals surface area contributed by atoms with Gasteiger partial charge in [-0.2, -0.15) is 0 Å². The number of hydrogen-bond donors (Lipinski definition) is 2. The third-order valence-electron chi connectivity index (χ3n) is 0.564. The lowest BCUT2D eigenvalue weighted by atomic mass is 10.3. The van der Waals surface area contributed by atoms with E-state index in [4.69, 9.17) is 5.73 Å². The van der Waals surface area contributed by atoms with Gasteiger partial charge in [-0.15, -0.1) is 0 Å². The molecule has 0 fully saturated rings. The van der Waals surface area contributed by atoms with E-state index in [1.807, 2.05) is 6.92 Å². The van der Waals surface area contributed by atoms with Gasteiger partial charge in [0.05, 0.1) is 0 Å². The first-order valence-corrected chi connectivity index (χ1v) is 2.30. The van der Waals surface area contributed by atoms with Crippen molar-refractivity contribution < 1.29 is 4.79 Å². The Bertz CT molecular complexity index is 95.0. The number of amides is 2. The Morgan fingerprint density at radius 1 is 1.88 bits per heavy atom. The van der Waals surface area contributed by atoms with Crippen LogP contribution in [-0.2, 0) is 0 Å². The number of hydrogen-bond acceptors (Lipinski definition) is 1. The fourth-order valence-corrected chi connectivity index (χ4v) is 0.238. The molecule has 0 aromatic heterocycles.